The topological polar surface area (TPSA) is 79.4 Å². The SMILES string of the molecule is O=C(NCC1(c2ncccc2F)CCN(S(=O)(=O)CC2CC2)CC1)c1cc(F)c(F)cc1F. The van der Waals surface area contributed by atoms with Crippen molar-refractivity contribution in [3.63, 3.8) is 0 Å². The lowest BCUT2D eigenvalue weighted by atomic mass is 9.75. The third kappa shape index (κ3) is 5.03. The summed E-state index contributed by atoms with van der Waals surface area (Å²) in [6, 6.07) is 3.37. The number of benzene rings is 1. The van der Waals surface area contributed by atoms with Crippen LogP contribution in [0.25, 0.3) is 0 Å². The molecular weight excluding hydrogens is 462 g/mol. The van der Waals surface area contributed by atoms with Gasteiger partial charge < -0.3 is 5.32 Å². The van der Waals surface area contributed by atoms with Crippen LogP contribution >= 0.6 is 0 Å². The Kier molecular flexibility index (Phi) is 6.45. The largest absolute Gasteiger partial charge is 0.351 e. The van der Waals surface area contributed by atoms with Crippen molar-refractivity contribution in [1.82, 2.24) is 14.6 Å². The molecule has 1 aliphatic carbocycles. The summed E-state index contributed by atoms with van der Waals surface area (Å²) in [5.41, 5.74) is -1.67. The van der Waals surface area contributed by atoms with Gasteiger partial charge in [-0.3, -0.25) is 9.78 Å². The molecule has 11 heteroatoms. The summed E-state index contributed by atoms with van der Waals surface area (Å²) < 4.78 is 82.1. The van der Waals surface area contributed by atoms with Gasteiger partial charge in [-0.1, -0.05) is 0 Å². The summed E-state index contributed by atoms with van der Waals surface area (Å²) in [6.07, 6.45) is 3.52. The second-order valence-electron chi connectivity index (χ2n) is 8.66. The number of pyridine rings is 1. The second kappa shape index (κ2) is 9.02. The van der Waals surface area contributed by atoms with Crippen molar-refractivity contribution >= 4 is 15.9 Å². The molecule has 0 unspecified atom stereocenters. The fraction of sp³-hybridized carbons (Fsp3) is 0.455. The first-order valence-electron chi connectivity index (χ1n) is 10.6. The Morgan fingerprint density at radius 1 is 1.06 bits per heavy atom. The van der Waals surface area contributed by atoms with Gasteiger partial charge in [-0.05, 0) is 49.8 Å². The molecule has 2 fully saturated rings. The number of sulfonamides is 1. The van der Waals surface area contributed by atoms with Gasteiger partial charge in [-0.2, -0.15) is 0 Å². The monoisotopic (exact) mass is 485 g/mol. The van der Waals surface area contributed by atoms with Crippen LogP contribution in [0.1, 0.15) is 41.7 Å². The molecule has 0 bridgehead atoms. The van der Waals surface area contributed by atoms with E-state index in [0.717, 1.165) is 12.8 Å². The summed E-state index contributed by atoms with van der Waals surface area (Å²) in [4.78, 5) is 16.7. The maximum absolute atomic E-state index is 14.7. The van der Waals surface area contributed by atoms with Gasteiger partial charge in [0.05, 0.1) is 17.0 Å². The van der Waals surface area contributed by atoms with Crippen molar-refractivity contribution < 1.29 is 30.8 Å². The number of carbonyl (C=O) groups excluding carboxylic acids is 1. The van der Waals surface area contributed by atoms with Crippen molar-refractivity contribution in [1.29, 1.82) is 0 Å². The Morgan fingerprint density at radius 2 is 1.73 bits per heavy atom. The van der Waals surface area contributed by atoms with E-state index in [-0.39, 0.29) is 55.9 Å². The number of hydrogen-bond donors (Lipinski definition) is 1. The Labute approximate surface area is 189 Å². The van der Waals surface area contributed by atoms with Crippen molar-refractivity contribution in [3.05, 3.63) is 65.0 Å². The van der Waals surface area contributed by atoms with Crippen molar-refractivity contribution in [2.45, 2.75) is 31.1 Å². The minimum Gasteiger partial charge on any atom is -0.351 e. The Hall–Kier alpha value is -2.53. The van der Waals surface area contributed by atoms with E-state index < -0.39 is 50.2 Å². The zero-order chi connectivity index (χ0) is 23.8. The molecule has 1 amide bonds. The molecule has 33 heavy (non-hydrogen) atoms. The van der Waals surface area contributed by atoms with Crippen molar-refractivity contribution in [2.24, 2.45) is 5.92 Å². The highest BCUT2D eigenvalue weighted by Gasteiger charge is 2.43. The van der Waals surface area contributed by atoms with Crippen LogP contribution in [-0.4, -0.2) is 49.0 Å². The molecule has 1 aromatic heterocycles. The first-order chi connectivity index (χ1) is 15.6. The molecule has 1 aliphatic heterocycles. The summed E-state index contributed by atoms with van der Waals surface area (Å²) in [7, 11) is -3.45. The maximum Gasteiger partial charge on any atom is 0.254 e. The number of halogens is 4. The molecule has 6 nitrogen and oxygen atoms in total. The van der Waals surface area contributed by atoms with E-state index in [9.17, 15) is 30.8 Å². The van der Waals surface area contributed by atoms with Crippen LogP contribution in [0.5, 0.6) is 0 Å². The standard InChI is InChI=1S/C22H23F4N3O3S/c23-16-2-1-7-27-20(16)22(5-8-29(9-6-22)33(31,32)12-14-3-4-14)13-28-21(30)15-10-18(25)19(26)11-17(15)24/h1-2,7,10-11,14H,3-6,8-9,12-13H2,(H,28,30). The number of piperidine rings is 1. The molecule has 178 valence electrons. The van der Waals surface area contributed by atoms with Gasteiger partial charge in [-0.15, -0.1) is 0 Å². The summed E-state index contributed by atoms with van der Waals surface area (Å²) in [5.74, 6) is -5.36. The van der Waals surface area contributed by atoms with Gasteiger partial charge in [0, 0.05) is 37.3 Å². The molecule has 2 aromatic rings. The third-order valence-corrected chi connectivity index (χ3v) is 8.36. The van der Waals surface area contributed by atoms with Crippen LogP contribution in [0.4, 0.5) is 17.6 Å². The predicted molar refractivity (Wildman–Crippen MR) is 112 cm³/mol. The van der Waals surface area contributed by atoms with E-state index in [4.69, 9.17) is 0 Å². The number of nitrogens with one attached hydrogen (secondary N) is 1. The Morgan fingerprint density at radius 3 is 2.36 bits per heavy atom. The summed E-state index contributed by atoms with van der Waals surface area (Å²) in [6.45, 7) is 0.0374. The van der Waals surface area contributed by atoms with Crippen molar-refractivity contribution in [2.75, 3.05) is 25.4 Å². The molecule has 1 saturated carbocycles. The van der Waals surface area contributed by atoms with Gasteiger partial charge in [-0.25, -0.2) is 30.3 Å². The van der Waals surface area contributed by atoms with E-state index >= 15 is 0 Å². The average molecular weight is 486 g/mol. The van der Waals surface area contributed by atoms with Gasteiger partial charge in [0.15, 0.2) is 11.6 Å². The average Bonchev–Trinajstić information content (AvgIpc) is 3.58. The molecule has 1 aromatic carbocycles. The molecule has 1 saturated heterocycles. The lowest BCUT2D eigenvalue weighted by Gasteiger charge is -2.41. The quantitative estimate of drug-likeness (QED) is 0.483. The Balaban J connectivity index is 1.55. The second-order valence-corrected chi connectivity index (χ2v) is 10.7. The minimum absolute atomic E-state index is 0.0651. The highest BCUT2D eigenvalue weighted by molar-refractivity contribution is 7.89. The first-order valence-corrected chi connectivity index (χ1v) is 12.2. The highest BCUT2D eigenvalue weighted by Crippen LogP contribution is 2.38. The number of aromatic nitrogens is 1. The smallest absolute Gasteiger partial charge is 0.254 e. The van der Waals surface area contributed by atoms with Crippen LogP contribution in [-0.2, 0) is 15.4 Å². The van der Waals surface area contributed by atoms with Gasteiger partial charge in [0.2, 0.25) is 10.0 Å². The molecule has 4 rings (SSSR count). The number of carbonyl (C=O) groups is 1. The van der Waals surface area contributed by atoms with E-state index in [1.807, 2.05) is 0 Å². The third-order valence-electron chi connectivity index (χ3n) is 6.32. The van der Waals surface area contributed by atoms with E-state index in [0.29, 0.717) is 6.07 Å². The molecule has 0 radical (unpaired) electrons. The van der Waals surface area contributed by atoms with Crippen LogP contribution in [0.3, 0.4) is 0 Å². The van der Waals surface area contributed by atoms with E-state index in [1.165, 1.54) is 22.6 Å². The molecule has 1 N–H and O–H groups in total. The number of nitrogens with zero attached hydrogens (tertiary/aromatic N) is 2. The fourth-order valence-electron chi connectivity index (χ4n) is 4.19. The first kappa shape index (κ1) is 23.6. The normalized spacial score (nSPS) is 18.8. The number of amides is 1. The van der Waals surface area contributed by atoms with E-state index in [2.05, 4.69) is 10.3 Å². The zero-order valence-corrected chi connectivity index (χ0v) is 18.5. The Bertz CT molecular complexity index is 1160. The van der Waals surface area contributed by atoms with Gasteiger partial charge in [0.25, 0.3) is 5.91 Å². The maximum atomic E-state index is 14.7. The lowest BCUT2D eigenvalue weighted by Crippen LogP contribution is -2.51. The highest BCUT2D eigenvalue weighted by atomic mass is 32.2. The predicted octanol–water partition coefficient (Wildman–Crippen LogP) is 3.14. The summed E-state index contributed by atoms with van der Waals surface area (Å²) >= 11 is 0. The molecule has 0 spiro atoms. The van der Waals surface area contributed by atoms with Crippen LogP contribution in [0.15, 0.2) is 30.5 Å². The molecule has 2 aliphatic rings. The zero-order valence-electron chi connectivity index (χ0n) is 17.7. The van der Waals surface area contributed by atoms with Crippen LogP contribution < -0.4 is 5.32 Å². The van der Waals surface area contributed by atoms with Gasteiger partial charge >= 0.3 is 0 Å². The minimum atomic E-state index is -3.45. The van der Waals surface area contributed by atoms with Crippen LogP contribution in [0, 0.1) is 29.2 Å². The number of hydrogen-bond acceptors (Lipinski definition) is 4. The van der Waals surface area contributed by atoms with Gasteiger partial charge in [0.1, 0.15) is 11.6 Å². The van der Waals surface area contributed by atoms with Crippen molar-refractivity contribution in [3.8, 4) is 0 Å². The summed E-state index contributed by atoms with van der Waals surface area (Å²) in [5, 5.41) is 2.48. The number of rotatable bonds is 7. The molecular formula is C22H23F4N3O3S. The lowest BCUT2D eigenvalue weighted by molar-refractivity contribution is 0.0926. The molecule has 0 atom stereocenters. The fourth-order valence-corrected chi connectivity index (χ4v) is 6.07. The van der Waals surface area contributed by atoms with Crippen LogP contribution in [0.2, 0.25) is 0 Å². The molecule has 2 heterocycles. The van der Waals surface area contributed by atoms with E-state index in [1.54, 1.807) is 0 Å².